The third kappa shape index (κ3) is 2.62. The minimum Gasteiger partial charge on any atom is -0.314 e. The SMILES string of the molecule is CNCc1csc(-c2cn(C)nc2C(C)(C)C)n1. The van der Waals surface area contributed by atoms with Crippen molar-refractivity contribution in [2.24, 2.45) is 7.05 Å². The Balaban J connectivity index is 2.43. The van der Waals surface area contributed by atoms with Gasteiger partial charge >= 0.3 is 0 Å². The van der Waals surface area contributed by atoms with Crippen LogP contribution in [0.2, 0.25) is 0 Å². The Morgan fingerprint density at radius 3 is 2.72 bits per heavy atom. The minimum absolute atomic E-state index is 0.0332. The van der Waals surface area contributed by atoms with Crippen molar-refractivity contribution in [3.05, 3.63) is 23.0 Å². The summed E-state index contributed by atoms with van der Waals surface area (Å²) in [6.45, 7) is 7.35. The molecular weight excluding hydrogens is 244 g/mol. The molecule has 5 heteroatoms. The molecule has 0 spiro atoms. The molecule has 0 fully saturated rings. The average molecular weight is 264 g/mol. The van der Waals surface area contributed by atoms with Crippen molar-refractivity contribution in [2.45, 2.75) is 32.7 Å². The van der Waals surface area contributed by atoms with Crippen LogP contribution >= 0.6 is 11.3 Å². The maximum Gasteiger partial charge on any atom is 0.127 e. The third-order valence-corrected chi connectivity index (χ3v) is 3.60. The molecule has 0 saturated carbocycles. The first-order chi connectivity index (χ1) is 8.41. The number of rotatable bonds is 3. The number of hydrogen-bond donors (Lipinski definition) is 1. The summed E-state index contributed by atoms with van der Waals surface area (Å²) in [5.74, 6) is 0. The van der Waals surface area contributed by atoms with Crippen LogP contribution in [0, 0.1) is 0 Å². The molecule has 0 aliphatic carbocycles. The van der Waals surface area contributed by atoms with Crippen molar-refractivity contribution in [3.63, 3.8) is 0 Å². The highest BCUT2D eigenvalue weighted by atomic mass is 32.1. The zero-order valence-corrected chi connectivity index (χ0v) is 12.4. The van der Waals surface area contributed by atoms with Gasteiger partial charge < -0.3 is 5.32 Å². The van der Waals surface area contributed by atoms with Crippen LogP contribution in [0.5, 0.6) is 0 Å². The first kappa shape index (κ1) is 13.2. The smallest absolute Gasteiger partial charge is 0.127 e. The molecule has 0 atom stereocenters. The molecule has 0 radical (unpaired) electrons. The molecule has 2 aromatic rings. The molecule has 1 N–H and O–H groups in total. The molecule has 0 aliphatic heterocycles. The van der Waals surface area contributed by atoms with Gasteiger partial charge in [-0.1, -0.05) is 20.8 Å². The average Bonchev–Trinajstić information content (AvgIpc) is 2.84. The van der Waals surface area contributed by atoms with Crippen molar-refractivity contribution < 1.29 is 0 Å². The normalized spacial score (nSPS) is 12.1. The van der Waals surface area contributed by atoms with E-state index in [0.717, 1.165) is 28.5 Å². The summed E-state index contributed by atoms with van der Waals surface area (Å²) in [6.07, 6.45) is 2.06. The Morgan fingerprint density at radius 2 is 2.11 bits per heavy atom. The number of hydrogen-bond acceptors (Lipinski definition) is 4. The minimum atomic E-state index is 0.0332. The maximum absolute atomic E-state index is 4.66. The van der Waals surface area contributed by atoms with Gasteiger partial charge in [0.05, 0.1) is 17.0 Å². The quantitative estimate of drug-likeness (QED) is 0.926. The summed E-state index contributed by atoms with van der Waals surface area (Å²) in [4.78, 5) is 4.66. The standard InChI is InChI=1S/C13H20N4S/c1-13(2,3)11-10(7-17(5)16-11)12-15-9(6-14-4)8-18-12/h7-8,14H,6H2,1-5H3. The molecule has 2 rings (SSSR count). The highest BCUT2D eigenvalue weighted by Gasteiger charge is 2.24. The molecule has 0 amide bonds. The number of nitrogens with one attached hydrogen (secondary N) is 1. The molecule has 98 valence electrons. The molecule has 2 heterocycles. The van der Waals surface area contributed by atoms with E-state index in [4.69, 9.17) is 0 Å². The highest BCUT2D eigenvalue weighted by molar-refractivity contribution is 7.13. The topological polar surface area (TPSA) is 42.7 Å². The lowest BCUT2D eigenvalue weighted by Crippen LogP contribution is -2.13. The lowest BCUT2D eigenvalue weighted by atomic mass is 9.90. The van der Waals surface area contributed by atoms with E-state index in [1.165, 1.54) is 0 Å². The van der Waals surface area contributed by atoms with Crippen molar-refractivity contribution in [1.29, 1.82) is 0 Å². The Kier molecular flexibility index (Phi) is 3.54. The molecule has 0 saturated heterocycles. The molecule has 2 aromatic heterocycles. The summed E-state index contributed by atoms with van der Waals surface area (Å²) < 4.78 is 1.87. The van der Waals surface area contributed by atoms with E-state index in [2.05, 4.69) is 47.7 Å². The zero-order valence-electron chi connectivity index (χ0n) is 11.6. The highest BCUT2D eigenvalue weighted by Crippen LogP contribution is 2.33. The Morgan fingerprint density at radius 1 is 1.39 bits per heavy atom. The van der Waals surface area contributed by atoms with Crippen LogP contribution in [0.4, 0.5) is 0 Å². The van der Waals surface area contributed by atoms with Crippen LogP contribution in [0.3, 0.4) is 0 Å². The molecule has 18 heavy (non-hydrogen) atoms. The van der Waals surface area contributed by atoms with Gasteiger partial charge in [0.2, 0.25) is 0 Å². The van der Waals surface area contributed by atoms with Crippen LogP contribution < -0.4 is 5.32 Å². The number of nitrogens with zero attached hydrogens (tertiary/aromatic N) is 3. The summed E-state index contributed by atoms with van der Waals surface area (Å²) in [7, 11) is 3.89. The lowest BCUT2D eigenvalue weighted by Gasteiger charge is -2.16. The third-order valence-electron chi connectivity index (χ3n) is 2.68. The van der Waals surface area contributed by atoms with Crippen molar-refractivity contribution >= 4 is 11.3 Å². The first-order valence-corrected chi connectivity index (χ1v) is 6.93. The van der Waals surface area contributed by atoms with Crippen LogP contribution in [0.1, 0.15) is 32.2 Å². The van der Waals surface area contributed by atoms with Crippen LogP contribution in [0.25, 0.3) is 10.6 Å². The van der Waals surface area contributed by atoms with Gasteiger partial charge in [0.15, 0.2) is 0 Å². The van der Waals surface area contributed by atoms with Crippen LogP contribution in [-0.4, -0.2) is 21.8 Å². The Labute approximate surface area is 112 Å². The zero-order chi connectivity index (χ0) is 13.3. The van der Waals surface area contributed by atoms with Crippen LogP contribution in [0.15, 0.2) is 11.6 Å². The fourth-order valence-electron chi connectivity index (χ4n) is 1.89. The largest absolute Gasteiger partial charge is 0.314 e. The number of aryl methyl sites for hydroxylation is 1. The fourth-order valence-corrected chi connectivity index (χ4v) is 2.72. The molecular formula is C13H20N4S. The van der Waals surface area contributed by atoms with Gasteiger partial charge in [0, 0.05) is 30.6 Å². The summed E-state index contributed by atoms with van der Waals surface area (Å²) >= 11 is 1.68. The monoisotopic (exact) mass is 264 g/mol. The van der Waals surface area contributed by atoms with E-state index in [1.54, 1.807) is 11.3 Å². The predicted octanol–water partition coefficient (Wildman–Crippen LogP) is 2.56. The first-order valence-electron chi connectivity index (χ1n) is 6.05. The van der Waals surface area contributed by atoms with E-state index in [-0.39, 0.29) is 5.41 Å². The Hall–Kier alpha value is -1.20. The lowest BCUT2D eigenvalue weighted by molar-refractivity contribution is 0.554. The van der Waals surface area contributed by atoms with Gasteiger partial charge in [-0.3, -0.25) is 4.68 Å². The predicted molar refractivity (Wildman–Crippen MR) is 75.8 cm³/mol. The van der Waals surface area contributed by atoms with E-state index in [1.807, 2.05) is 18.8 Å². The Bertz CT molecular complexity index is 533. The van der Waals surface area contributed by atoms with Gasteiger partial charge in [-0.15, -0.1) is 11.3 Å². The van der Waals surface area contributed by atoms with Crippen molar-refractivity contribution in [2.75, 3.05) is 7.05 Å². The van der Waals surface area contributed by atoms with Gasteiger partial charge in [-0.05, 0) is 7.05 Å². The number of aromatic nitrogens is 3. The summed E-state index contributed by atoms with van der Waals surface area (Å²) in [6, 6.07) is 0. The molecule has 0 aromatic carbocycles. The van der Waals surface area contributed by atoms with E-state index < -0.39 is 0 Å². The van der Waals surface area contributed by atoms with Gasteiger partial charge in [-0.2, -0.15) is 5.10 Å². The molecule has 0 unspecified atom stereocenters. The fraction of sp³-hybridized carbons (Fsp3) is 0.538. The second-order valence-corrected chi connectivity index (χ2v) is 6.35. The summed E-state index contributed by atoms with van der Waals surface area (Å²) in [5, 5.41) is 10.9. The van der Waals surface area contributed by atoms with Gasteiger partial charge in [-0.25, -0.2) is 4.98 Å². The maximum atomic E-state index is 4.66. The second kappa shape index (κ2) is 4.82. The van der Waals surface area contributed by atoms with Gasteiger partial charge in [0.1, 0.15) is 5.01 Å². The van der Waals surface area contributed by atoms with E-state index in [0.29, 0.717) is 0 Å². The molecule has 4 nitrogen and oxygen atoms in total. The second-order valence-electron chi connectivity index (χ2n) is 5.49. The molecule has 0 bridgehead atoms. The van der Waals surface area contributed by atoms with Gasteiger partial charge in [0.25, 0.3) is 0 Å². The molecule has 0 aliphatic rings. The van der Waals surface area contributed by atoms with Crippen molar-refractivity contribution in [3.8, 4) is 10.6 Å². The van der Waals surface area contributed by atoms with E-state index in [9.17, 15) is 0 Å². The number of thiazole rings is 1. The van der Waals surface area contributed by atoms with Crippen LogP contribution in [-0.2, 0) is 19.0 Å². The van der Waals surface area contributed by atoms with E-state index >= 15 is 0 Å². The van der Waals surface area contributed by atoms with Crippen molar-refractivity contribution in [1.82, 2.24) is 20.1 Å². The summed E-state index contributed by atoms with van der Waals surface area (Å²) in [5.41, 5.74) is 3.37.